The summed E-state index contributed by atoms with van der Waals surface area (Å²) < 4.78 is 12.4. The Labute approximate surface area is 291 Å². The zero-order valence-electron chi connectivity index (χ0n) is 28.8. The molecule has 2 aliphatic rings. The molecule has 4 aromatic rings. The predicted octanol–water partition coefficient (Wildman–Crippen LogP) is 3.87. The molecule has 0 bridgehead atoms. The van der Waals surface area contributed by atoms with Crippen molar-refractivity contribution in [1.82, 2.24) is 14.5 Å². The van der Waals surface area contributed by atoms with E-state index in [-0.39, 0.29) is 34.3 Å². The summed E-state index contributed by atoms with van der Waals surface area (Å²) >= 11 is 0. The van der Waals surface area contributed by atoms with Gasteiger partial charge in [0.15, 0.2) is 11.5 Å². The molecule has 9 heteroatoms. The number of benzene rings is 3. The number of nitrogens with one attached hydrogen (secondary N) is 1. The first-order chi connectivity index (χ1) is 24.3. The highest BCUT2D eigenvalue weighted by Crippen LogP contribution is 2.33. The van der Waals surface area contributed by atoms with Crippen molar-refractivity contribution in [1.29, 1.82) is 0 Å². The highest BCUT2D eigenvalue weighted by atomic mass is 16.5. The quantitative estimate of drug-likeness (QED) is 0.258. The second-order valence-corrected chi connectivity index (χ2v) is 12.5. The minimum Gasteiger partial charge on any atom is -0.493 e. The molecule has 256 valence electrons. The van der Waals surface area contributed by atoms with Crippen LogP contribution in [0, 0.1) is 0 Å². The van der Waals surface area contributed by atoms with E-state index < -0.39 is 0 Å². The number of ether oxygens (including phenoxy) is 2. The van der Waals surface area contributed by atoms with E-state index in [2.05, 4.69) is 40.7 Å². The Morgan fingerprint density at radius 1 is 0.980 bits per heavy atom. The van der Waals surface area contributed by atoms with Crippen molar-refractivity contribution in [2.24, 2.45) is 0 Å². The van der Waals surface area contributed by atoms with Crippen LogP contribution in [0.15, 0.2) is 113 Å². The monoisotopic (exact) mass is 670 g/mol. The first kappa shape index (κ1) is 34.2. The van der Waals surface area contributed by atoms with Crippen molar-refractivity contribution in [3.8, 4) is 11.5 Å². The number of allylic oxidation sites excluding steroid dienone is 3. The van der Waals surface area contributed by atoms with Gasteiger partial charge in [-0.05, 0) is 83.5 Å². The van der Waals surface area contributed by atoms with Gasteiger partial charge in [-0.1, -0.05) is 60.7 Å². The second-order valence-electron chi connectivity index (χ2n) is 12.5. The van der Waals surface area contributed by atoms with Crippen molar-refractivity contribution in [3.63, 3.8) is 0 Å². The molecule has 50 heavy (non-hydrogen) atoms. The van der Waals surface area contributed by atoms with Gasteiger partial charge in [-0.2, -0.15) is 0 Å². The maximum atomic E-state index is 13.6. The third kappa shape index (κ3) is 7.33. The zero-order chi connectivity index (χ0) is 35.2. The minimum atomic E-state index is -0.372. The maximum absolute atomic E-state index is 13.6. The average molecular weight is 671 g/mol. The summed E-state index contributed by atoms with van der Waals surface area (Å²) in [7, 11) is 5.09. The minimum absolute atomic E-state index is 0.155. The SMILES string of the molecule is C=CCn1c(=O)c(=C2C=CC(C(=O)N(C)c3ccc(CCN4CCc5cc(OC)c(OC)cc5C4)cc3)=CC2)[nH]c(=O)c1=Cc1ccccc1. The van der Waals surface area contributed by atoms with E-state index in [1.54, 1.807) is 56.5 Å². The number of anilines is 1. The summed E-state index contributed by atoms with van der Waals surface area (Å²) in [5.41, 5.74) is 5.84. The number of hydrogen-bond acceptors (Lipinski definition) is 6. The molecule has 1 aliphatic heterocycles. The number of likely N-dealkylation sites (N-methyl/N-ethyl adjacent to an activating group) is 1. The van der Waals surface area contributed by atoms with Gasteiger partial charge in [0.05, 0.1) is 14.2 Å². The fourth-order valence-corrected chi connectivity index (χ4v) is 6.48. The molecule has 3 aromatic carbocycles. The van der Waals surface area contributed by atoms with Gasteiger partial charge in [0.2, 0.25) is 0 Å². The molecule has 0 saturated heterocycles. The van der Waals surface area contributed by atoms with Gasteiger partial charge in [-0.15, -0.1) is 6.58 Å². The maximum Gasteiger partial charge on any atom is 0.275 e. The number of methoxy groups -OCH3 is 2. The highest BCUT2D eigenvalue weighted by molar-refractivity contribution is 6.07. The van der Waals surface area contributed by atoms with E-state index in [0.29, 0.717) is 17.6 Å². The fourth-order valence-electron chi connectivity index (χ4n) is 6.48. The smallest absolute Gasteiger partial charge is 0.275 e. The van der Waals surface area contributed by atoms with Crippen molar-refractivity contribution in [2.45, 2.75) is 32.4 Å². The molecule has 0 radical (unpaired) electrons. The second kappa shape index (κ2) is 15.3. The topological polar surface area (TPSA) is 96.9 Å². The van der Waals surface area contributed by atoms with E-state index in [4.69, 9.17) is 9.47 Å². The Morgan fingerprint density at radius 3 is 2.36 bits per heavy atom. The third-order valence-electron chi connectivity index (χ3n) is 9.35. The Morgan fingerprint density at radius 2 is 1.70 bits per heavy atom. The first-order valence-corrected chi connectivity index (χ1v) is 16.7. The van der Waals surface area contributed by atoms with E-state index in [1.807, 2.05) is 42.5 Å². The first-order valence-electron chi connectivity index (χ1n) is 16.7. The molecule has 1 aromatic heterocycles. The Balaban J connectivity index is 1.11. The summed E-state index contributed by atoms with van der Waals surface area (Å²) in [6, 6.07) is 21.7. The van der Waals surface area contributed by atoms with Crippen molar-refractivity contribution >= 4 is 23.2 Å². The summed E-state index contributed by atoms with van der Waals surface area (Å²) in [5, 5.41) is 0.461. The van der Waals surface area contributed by atoms with Crippen LogP contribution in [0.3, 0.4) is 0 Å². The van der Waals surface area contributed by atoms with Crippen LogP contribution in [0.2, 0.25) is 0 Å². The summed E-state index contributed by atoms with van der Waals surface area (Å²) in [6.07, 6.45) is 10.7. The molecule has 0 atom stereocenters. The van der Waals surface area contributed by atoms with Crippen molar-refractivity contribution < 1.29 is 14.3 Å². The van der Waals surface area contributed by atoms with Gasteiger partial charge in [0.25, 0.3) is 17.0 Å². The van der Waals surface area contributed by atoms with Gasteiger partial charge in [-0.25, -0.2) is 0 Å². The summed E-state index contributed by atoms with van der Waals surface area (Å²) in [5.74, 6) is 1.38. The number of H-pyrrole nitrogens is 1. The fraction of sp³-hybridized carbons (Fsp3) is 0.244. The lowest BCUT2D eigenvalue weighted by Gasteiger charge is -2.29. The van der Waals surface area contributed by atoms with Gasteiger partial charge in [-0.3, -0.25) is 23.9 Å². The number of carbonyl (C=O) groups is 1. The highest BCUT2D eigenvalue weighted by Gasteiger charge is 2.20. The average Bonchev–Trinajstić information content (AvgIpc) is 3.16. The van der Waals surface area contributed by atoms with Gasteiger partial charge >= 0.3 is 0 Å². The van der Waals surface area contributed by atoms with Crippen LogP contribution < -0.4 is 36.2 Å². The van der Waals surface area contributed by atoms with Crippen molar-refractivity contribution in [2.75, 3.05) is 39.3 Å². The summed E-state index contributed by atoms with van der Waals surface area (Å²) in [6.45, 7) is 6.74. The number of amides is 1. The standard InChI is InChI=1S/C41H42N4O5/c1-5-21-45-35(24-29-9-7-6-8-10-29)39(46)42-38(41(45)48)30-13-15-31(16-14-30)40(47)43(2)34-17-11-28(12-18-34)19-22-44-23-20-32-25-36(49-3)37(50-4)26-33(32)27-44/h5-13,15-18,24-26H,1,14,19-23,27H2,2-4H3,(H,42,46). The molecule has 1 aliphatic carbocycles. The molecule has 0 spiro atoms. The number of fused-ring (bicyclic) bond motifs is 1. The van der Waals surface area contributed by atoms with E-state index in [0.717, 1.165) is 55.2 Å². The van der Waals surface area contributed by atoms with Crippen LogP contribution in [-0.2, 0) is 30.7 Å². The molecule has 9 nitrogen and oxygen atoms in total. The van der Waals surface area contributed by atoms with Gasteiger partial charge in [0.1, 0.15) is 10.7 Å². The Kier molecular flexibility index (Phi) is 10.4. The van der Waals surface area contributed by atoms with E-state index in [1.165, 1.54) is 21.3 Å². The lowest BCUT2D eigenvalue weighted by Crippen LogP contribution is -2.53. The van der Waals surface area contributed by atoms with Crippen molar-refractivity contribution in [3.05, 3.63) is 157 Å². The summed E-state index contributed by atoms with van der Waals surface area (Å²) in [4.78, 5) is 47.1. The van der Waals surface area contributed by atoms with E-state index >= 15 is 0 Å². The van der Waals surface area contributed by atoms with Crippen LogP contribution in [0.1, 0.15) is 28.7 Å². The van der Waals surface area contributed by atoms with Crippen LogP contribution in [-0.4, -0.2) is 54.7 Å². The predicted molar refractivity (Wildman–Crippen MR) is 198 cm³/mol. The van der Waals surface area contributed by atoms with Crippen LogP contribution in [0.4, 0.5) is 5.69 Å². The van der Waals surface area contributed by atoms with E-state index in [9.17, 15) is 14.4 Å². The zero-order valence-corrected chi connectivity index (χ0v) is 28.8. The molecule has 2 heterocycles. The molecule has 0 saturated carbocycles. The molecular formula is C41H42N4O5. The lowest BCUT2D eigenvalue weighted by molar-refractivity contribution is -0.114. The van der Waals surface area contributed by atoms with Gasteiger partial charge in [0, 0.05) is 44.5 Å². The normalized spacial score (nSPS) is 15.7. The molecule has 1 N–H and O–H groups in total. The Bertz CT molecular complexity index is 2210. The molecule has 0 unspecified atom stereocenters. The molecular weight excluding hydrogens is 628 g/mol. The molecule has 6 rings (SSSR count). The van der Waals surface area contributed by atoms with Gasteiger partial charge < -0.3 is 19.4 Å². The van der Waals surface area contributed by atoms with Crippen LogP contribution >= 0.6 is 0 Å². The molecule has 0 fully saturated rings. The van der Waals surface area contributed by atoms with Crippen LogP contribution in [0.5, 0.6) is 11.5 Å². The number of carbonyl (C=O) groups excluding carboxylic acids is 1. The number of hydrogen-bond donors (Lipinski definition) is 1. The Hall–Kier alpha value is -5.67. The largest absolute Gasteiger partial charge is 0.493 e. The number of rotatable bonds is 10. The number of nitrogens with zero attached hydrogens (tertiary/aromatic N) is 3. The molecule has 1 amide bonds. The number of aromatic amines is 1. The lowest BCUT2D eigenvalue weighted by atomic mass is 9.98. The number of aromatic nitrogens is 2. The van der Waals surface area contributed by atoms with Crippen LogP contribution in [0.25, 0.3) is 11.6 Å². The third-order valence-corrected chi connectivity index (χ3v) is 9.35.